The molecule has 1 aliphatic rings. The molecule has 0 aliphatic carbocycles. The summed E-state index contributed by atoms with van der Waals surface area (Å²) < 4.78 is 26.5. The fourth-order valence-electron chi connectivity index (χ4n) is 4.09. The van der Waals surface area contributed by atoms with Gasteiger partial charge < -0.3 is 9.80 Å². The molecule has 2 aromatic carbocycles. The molecule has 1 heterocycles. The molecule has 1 aliphatic heterocycles. The van der Waals surface area contributed by atoms with Gasteiger partial charge in [-0.3, -0.25) is 9.10 Å². The summed E-state index contributed by atoms with van der Waals surface area (Å²) >= 11 is 5.97. The molecule has 0 radical (unpaired) electrons. The van der Waals surface area contributed by atoms with Crippen molar-refractivity contribution in [3.63, 3.8) is 0 Å². The summed E-state index contributed by atoms with van der Waals surface area (Å²) in [6.45, 7) is 8.59. The van der Waals surface area contributed by atoms with E-state index in [9.17, 15) is 13.2 Å². The van der Waals surface area contributed by atoms with E-state index < -0.39 is 16.1 Å². The van der Waals surface area contributed by atoms with E-state index in [1.807, 2.05) is 6.92 Å². The van der Waals surface area contributed by atoms with Gasteiger partial charge in [0.25, 0.3) is 0 Å². The number of amides is 1. The van der Waals surface area contributed by atoms with Crippen molar-refractivity contribution >= 4 is 38.9 Å². The van der Waals surface area contributed by atoms with E-state index >= 15 is 0 Å². The summed E-state index contributed by atoms with van der Waals surface area (Å²) in [5, 5.41) is 0.513. The molecule has 6 nitrogen and oxygen atoms in total. The molecule has 2 aromatic rings. The van der Waals surface area contributed by atoms with Crippen molar-refractivity contribution in [2.24, 2.45) is 0 Å². The third kappa shape index (κ3) is 5.15. The van der Waals surface area contributed by atoms with Gasteiger partial charge in [-0.05, 0) is 61.7 Å². The minimum atomic E-state index is -3.66. The third-order valence-corrected chi connectivity index (χ3v) is 7.33. The molecule has 0 saturated carbocycles. The van der Waals surface area contributed by atoms with Gasteiger partial charge in [0, 0.05) is 36.9 Å². The Hall–Kier alpha value is -2.25. The van der Waals surface area contributed by atoms with E-state index in [4.69, 9.17) is 11.6 Å². The number of sulfonamides is 1. The van der Waals surface area contributed by atoms with Gasteiger partial charge in [0.2, 0.25) is 15.9 Å². The van der Waals surface area contributed by atoms with E-state index in [1.54, 1.807) is 29.2 Å². The largest absolute Gasteiger partial charge is 0.368 e. The van der Waals surface area contributed by atoms with Crippen LogP contribution >= 0.6 is 11.6 Å². The summed E-state index contributed by atoms with van der Waals surface area (Å²) in [5.74, 6) is -0.163. The van der Waals surface area contributed by atoms with E-state index in [2.05, 4.69) is 36.9 Å². The van der Waals surface area contributed by atoms with E-state index in [-0.39, 0.29) is 5.91 Å². The second-order valence-electron chi connectivity index (χ2n) is 7.99. The Kier molecular flexibility index (Phi) is 7.17. The first-order chi connectivity index (χ1) is 14.6. The van der Waals surface area contributed by atoms with E-state index in [1.165, 1.54) is 21.1 Å². The summed E-state index contributed by atoms with van der Waals surface area (Å²) in [7, 11) is -3.66. The smallest absolute Gasteiger partial charge is 0.246 e. The van der Waals surface area contributed by atoms with Crippen LogP contribution < -0.4 is 9.21 Å². The second-order valence-corrected chi connectivity index (χ2v) is 10.3. The standard InChI is InChI=1S/C23H30ClN3O3S/c1-5-21(27(31(4,29)30)20-11-9-19(24)10-12-20)23(28)26-15-13-25(14-16-26)22-8-6-7-17(2)18(22)3/h6-12,21H,5,13-16H2,1-4H3/t21-/m0/s1. The first-order valence-electron chi connectivity index (χ1n) is 10.5. The normalized spacial score (nSPS) is 15.6. The van der Waals surface area contributed by atoms with Gasteiger partial charge in [-0.15, -0.1) is 0 Å². The summed E-state index contributed by atoms with van der Waals surface area (Å²) in [4.78, 5) is 17.5. The van der Waals surface area contributed by atoms with Crippen LogP contribution in [0.3, 0.4) is 0 Å². The molecule has 0 unspecified atom stereocenters. The third-order valence-electron chi connectivity index (χ3n) is 5.90. The Morgan fingerprint density at radius 2 is 1.68 bits per heavy atom. The van der Waals surface area contributed by atoms with Crippen LogP contribution in [0.25, 0.3) is 0 Å². The Labute approximate surface area is 190 Å². The van der Waals surface area contributed by atoms with Crippen molar-refractivity contribution in [3.8, 4) is 0 Å². The highest BCUT2D eigenvalue weighted by Gasteiger charge is 2.35. The van der Waals surface area contributed by atoms with Gasteiger partial charge in [-0.25, -0.2) is 8.42 Å². The minimum Gasteiger partial charge on any atom is -0.368 e. The lowest BCUT2D eigenvalue weighted by molar-refractivity contribution is -0.132. The van der Waals surface area contributed by atoms with Crippen LogP contribution in [0, 0.1) is 13.8 Å². The maximum atomic E-state index is 13.4. The van der Waals surface area contributed by atoms with Gasteiger partial charge in [-0.2, -0.15) is 0 Å². The zero-order valence-electron chi connectivity index (χ0n) is 18.5. The molecule has 1 saturated heterocycles. The van der Waals surface area contributed by atoms with Crippen molar-refractivity contribution in [1.82, 2.24) is 4.90 Å². The van der Waals surface area contributed by atoms with Crippen LogP contribution in [0.5, 0.6) is 0 Å². The summed E-state index contributed by atoms with van der Waals surface area (Å²) in [5.41, 5.74) is 4.13. The number of carbonyl (C=O) groups excluding carboxylic acids is 1. The molecule has 3 rings (SSSR count). The van der Waals surface area contributed by atoms with Gasteiger partial charge >= 0.3 is 0 Å². The number of anilines is 2. The fourth-order valence-corrected chi connectivity index (χ4v) is 5.42. The Morgan fingerprint density at radius 3 is 2.23 bits per heavy atom. The quantitative estimate of drug-likeness (QED) is 0.652. The molecule has 0 bridgehead atoms. The zero-order chi connectivity index (χ0) is 22.8. The van der Waals surface area contributed by atoms with Crippen LogP contribution in [0.15, 0.2) is 42.5 Å². The monoisotopic (exact) mass is 463 g/mol. The van der Waals surface area contributed by atoms with Crippen LogP contribution in [0.1, 0.15) is 24.5 Å². The number of hydrogen-bond donors (Lipinski definition) is 0. The van der Waals surface area contributed by atoms with Crippen molar-refractivity contribution in [2.75, 3.05) is 41.6 Å². The number of benzene rings is 2. The minimum absolute atomic E-state index is 0.163. The molecule has 168 valence electrons. The van der Waals surface area contributed by atoms with Gasteiger partial charge in [-0.1, -0.05) is 30.7 Å². The number of piperazine rings is 1. The first kappa shape index (κ1) is 23.4. The van der Waals surface area contributed by atoms with Crippen molar-refractivity contribution in [1.29, 1.82) is 0 Å². The van der Waals surface area contributed by atoms with Gasteiger partial charge in [0.15, 0.2) is 0 Å². The second kappa shape index (κ2) is 9.49. The number of rotatable bonds is 6. The molecule has 1 fully saturated rings. The van der Waals surface area contributed by atoms with E-state index in [0.717, 1.165) is 6.26 Å². The molecule has 0 N–H and O–H groups in total. The number of hydrogen-bond acceptors (Lipinski definition) is 4. The van der Waals surface area contributed by atoms with Crippen LogP contribution in [0.4, 0.5) is 11.4 Å². The lowest BCUT2D eigenvalue weighted by atomic mass is 10.1. The average Bonchev–Trinajstić information content (AvgIpc) is 2.74. The molecule has 1 amide bonds. The molecule has 8 heteroatoms. The van der Waals surface area contributed by atoms with Crippen molar-refractivity contribution in [3.05, 3.63) is 58.6 Å². The highest BCUT2D eigenvalue weighted by Crippen LogP contribution is 2.27. The molecule has 0 spiro atoms. The van der Waals surface area contributed by atoms with Crippen molar-refractivity contribution < 1.29 is 13.2 Å². The first-order valence-corrected chi connectivity index (χ1v) is 12.7. The average molecular weight is 464 g/mol. The highest BCUT2D eigenvalue weighted by atomic mass is 35.5. The number of nitrogens with zero attached hydrogens (tertiary/aromatic N) is 3. The maximum Gasteiger partial charge on any atom is 0.246 e. The maximum absolute atomic E-state index is 13.4. The predicted molar refractivity (Wildman–Crippen MR) is 128 cm³/mol. The van der Waals surface area contributed by atoms with Gasteiger partial charge in [0.1, 0.15) is 6.04 Å². The molecular formula is C23H30ClN3O3S. The molecule has 0 aromatic heterocycles. The van der Waals surface area contributed by atoms with Crippen molar-refractivity contribution in [2.45, 2.75) is 33.2 Å². The molecular weight excluding hydrogens is 434 g/mol. The summed E-state index contributed by atoms with van der Waals surface area (Å²) in [6.07, 6.45) is 1.52. The van der Waals surface area contributed by atoms with E-state index in [0.29, 0.717) is 43.3 Å². The zero-order valence-corrected chi connectivity index (χ0v) is 20.1. The lowest BCUT2D eigenvalue weighted by Gasteiger charge is -2.40. The topological polar surface area (TPSA) is 60.9 Å². The SMILES string of the molecule is CC[C@@H](C(=O)N1CCN(c2cccc(C)c2C)CC1)N(c1ccc(Cl)cc1)S(C)(=O)=O. The van der Waals surface area contributed by atoms with Crippen LogP contribution in [-0.4, -0.2) is 57.7 Å². The van der Waals surface area contributed by atoms with Crippen LogP contribution in [-0.2, 0) is 14.8 Å². The number of aryl methyl sites for hydroxylation is 1. The lowest BCUT2D eigenvalue weighted by Crippen LogP contribution is -2.56. The highest BCUT2D eigenvalue weighted by molar-refractivity contribution is 7.92. The number of carbonyl (C=O) groups is 1. The predicted octanol–water partition coefficient (Wildman–Crippen LogP) is 3.85. The number of halogens is 1. The Bertz CT molecular complexity index is 1030. The van der Waals surface area contributed by atoms with Crippen LogP contribution in [0.2, 0.25) is 5.02 Å². The molecule has 1 atom stereocenters. The Balaban J connectivity index is 1.78. The molecule has 31 heavy (non-hydrogen) atoms. The Morgan fingerprint density at radius 1 is 1.06 bits per heavy atom. The summed E-state index contributed by atoms with van der Waals surface area (Å²) in [6, 6.07) is 12.0. The van der Waals surface area contributed by atoms with Gasteiger partial charge in [0.05, 0.1) is 11.9 Å². The fraction of sp³-hybridized carbons (Fsp3) is 0.435.